The summed E-state index contributed by atoms with van der Waals surface area (Å²) in [5, 5.41) is 11.9. The predicted octanol–water partition coefficient (Wildman–Crippen LogP) is 6.85. The highest BCUT2D eigenvalue weighted by Crippen LogP contribution is 2.50. The molecular weight excluding hydrogens is 490 g/mol. The number of nitro benzene ring substituents is 1. The lowest BCUT2D eigenvalue weighted by molar-refractivity contribution is -0.385. The Labute approximate surface area is 193 Å². The molecule has 7 nitrogen and oxygen atoms in total. The number of nitrogens with zero attached hydrogens (tertiary/aromatic N) is 1. The molecule has 0 saturated carbocycles. The van der Waals surface area contributed by atoms with Gasteiger partial charge in [0.2, 0.25) is 5.75 Å². The Morgan fingerprint density at radius 1 is 1.39 bits per heavy atom. The van der Waals surface area contributed by atoms with Gasteiger partial charge in [-0.05, 0) is 73.7 Å². The molecule has 1 unspecified atom stereocenters. The lowest BCUT2D eigenvalue weighted by Gasteiger charge is -2.27. The molecule has 31 heavy (non-hydrogen) atoms. The topological polar surface area (TPSA) is 87.9 Å². The van der Waals surface area contributed by atoms with Crippen LogP contribution in [0.15, 0.2) is 28.7 Å². The summed E-state index contributed by atoms with van der Waals surface area (Å²) in [4.78, 5) is 23.3. The zero-order valence-corrected chi connectivity index (χ0v) is 19.7. The summed E-state index contributed by atoms with van der Waals surface area (Å²) in [7, 11) is 0. The molecule has 0 N–H and O–H groups in total. The molecule has 1 radical (unpaired) electrons. The van der Waals surface area contributed by atoms with E-state index in [1.54, 1.807) is 26.8 Å². The van der Waals surface area contributed by atoms with Gasteiger partial charge >= 0.3 is 11.7 Å². The van der Waals surface area contributed by atoms with Gasteiger partial charge in [-0.3, -0.25) is 10.1 Å². The van der Waals surface area contributed by atoms with Crippen molar-refractivity contribution in [2.45, 2.75) is 45.1 Å². The van der Waals surface area contributed by atoms with Crippen LogP contribution < -0.4 is 9.47 Å². The Hall–Kier alpha value is -2.32. The summed E-state index contributed by atoms with van der Waals surface area (Å²) in [6.45, 7) is 9.65. The third kappa shape index (κ3) is 5.13. The van der Waals surface area contributed by atoms with Crippen LogP contribution in [0.2, 0.25) is 5.02 Å². The van der Waals surface area contributed by atoms with Gasteiger partial charge in [0, 0.05) is 11.6 Å². The number of ether oxygens (including phenoxy) is 3. The van der Waals surface area contributed by atoms with Crippen molar-refractivity contribution in [1.29, 1.82) is 0 Å². The van der Waals surface area contributed by atoms with Crippen molar-refractivity contribution in [3.63, 3.8) is 0 Å². The van der Waals surface area contributed by atoms with Crippen LogP contribution in [0.5, 0.6) is 17.2 Å². The first-order valence-electron chi connectivity index (χ1n) is 9.65. The average molecular weight is 512 g/mol. The van der Waals surface area contributed by atoms with Gasteiger partial charge in [0.15, 0.2) is 5.75 Å². The molecule has 0 aromatic heterocycles. The number of rotatable bonds is 5. The molecule has 1 heterocycles. The number of fused-ring (bicyclic) bond motifs is 1. The lowest BCUT2D eigenvalue weighted by atomic mass is 9.91. The number of hydrogen-bond acceptors (Lipinski definition) is 6. The fourth-order valence-electron chi connectivity index (χ4n) is 3.22. The molecule has 0 amide bonds. The summed E-state index contributed by atoms with van der Waals surface area (Å²) in [5.74, 6) is 0.256. The first-order chi connectivity index (χ1) is 14.5. The standard InChI is InChI=1S/C22H22BrClNO6/c1-5-12-8-9-29-19-14(12)11-15(24)20(18(19)23)30-17-7-6-13(10-16(17)25(27)28)21(26)31-22(2,3)4/h6-7,10-12H,1,5,8-9H2,2-4H3. The molecule has 2 aromatic rings. The minimum absolute atomic E-state index is 0.0474. The van der Waals surface area contributed by atoms with Crippen molar-refractivity contribution >= 4 is 39.2 Å². The van der Waals surface area contributed by atoms with E-state index in [1.807, 2.05) is 0 Å². The van der Waals surface area contributed by atoms with Crippen LogP contribution in [0.1, 0.15) is 55.5 Å². The summed E-state index contributed by atoms with van der Waals surface area (Å²) in [6, 6.07) is 5.62. The second kappa shape index (κ2) is 9.04. The van der Waals surface area contributed by atoms with Crippen molar-refractivity contribution in [3.05, 3.63) is 61.9 Å². The second-order valence-electron chi connectivity index (χ2n) is 8.09. The fourth-order valence-corrected chi connectivity index (χ4v) is 4.23. The first kappa shape index (κ1) is 23.3. The Bertz CT molecular complexity index is 1030. The molecule has 9 heteroatoms. The van der Waals surface area contributed by atoms with Crippen molar-refractivity contribution < 1.29 is 23.9 Å². The summed E-state index contributed by atoms with van der Waals surface area (Å²) in [5.41, 5.74) is -0.152. The smallest absolute Gasteiger partial charge is 0.338 e. The molecule has 0 spiro atoms. The number of hydrogen-bond donors (Lipinski definition) is 0. The molecule has 0 bridgehead atoms. The highest BCUT2D eigenvalue weighted by molar-refractivity contribution is 9.10. The van der Waals surface area contributed by atoms with Gasteiger partial charge in [0.25, 0.3) is 0 Å². The monoisotopic (exact) mass is 510 g/mol. The van der Waals surface area contributed by atoms with Crippen LogP contribution in [0.3, 0.4) is 0 Å². The number of benzene rings is 2. The van der Waals surface area contributed by atoms with Gasteiger partial charge in [-0.25, -0.2) is 4.79 Å². The fraction of sp³-hybridized carbons (Fsp3) is 0.364. The average Bonchev–Trinajstić information content (AvgIpc) is 2.69. The van der Waals surface area contributed by atoms with E-state index >= 15 is 0 Å². The Balaban J connectivity index is 1.99. The molecule has 165 valence electrons. The van der Waals surface area contributed by atoms with Crippen LogP contribution in [0, 0.1) is 17.0 Å². The van der Waals surface area contributed by atoms with Crippen molar-refractivity contribution in [2.75, 3.05) is 6.61 Å². The third-order valence-corrected chi connectivity index (χ3v) is 5.66. The zero-order valence-electron chi connectivity index (χ0n) is 17.4. The van der Waals surface area contributed by atoms with Crippen LogP contribution >= 0.6 is 27.5 Å². The van der Waals surface area contributed by atoms with Crippen LogP contribution in [0.4, 0.5) is 5.69 Å². The highest BCUT2D eigenvalue weighted by Gasteiger charge is 2.29. The van der Waals surface area contributed by atoms with E-state index in [0.717, 1.165) is 18.1 Å². The summed E-state index contributed by atoms with van der Waals surface area (Å²) < 4.78 is 17.4. The van der Waals surface area contributed by atoms with Crippen molar-refractivity contribution in [1.82, 2.24) is 0 Å². The maximum absolute atomic E-state index is 12.3. The Kier molecular flexibility index (Phi) is 6.81. The van der Waals surface area contributed by atoms with E-state index < -0.39 is 16.5 Å². The molecule has 1 atom stereocenters. The molecule has 0 aliphatic carbocycles. The van der Waals surface area contributed by atoms with Crippen molar-refractivity contribution in [3.8, 4) is 17.2 Å². The van der Waals surface area contributed by atoms with E-state index in [4.69, 9.17) is 25.8 Å². The van der Waals surface area contributed by atoms with E-state index in [2.05, 4.69) is 22.9 Å². The quantitative estimate of drug-likeness (QED) is 0.248. The third-order valence-electron chi connectivity index (χ3n) is 4.66. The van der Waals surface area contributed by atoms with Crippen LogP contribution in [0.25, 0.3) is 0 Å². The normalized spacial score (nSPS) is 15.6. The molecule has 3 rings (SSSR count). The van der Waals surface area contributed by atoms with Gasteiger partial charge in [-0.15, -0.1) is 0 Å². The van der Waals surface area contributed by atoms with Gasteiger partial charge in [0.05, 0.1) is 22.1 Å². The molecule has 1 aliphatic heterocycles. The zero-order chi connectivity index (χ0) is 22.9. The first-order valence-corrected chi connectivity index (χ1v) is 10.8. The van der Waals surface area contributed by atoms with Gasteiger partial charge < -0.3 is 14.2 Å². The number of esters is 1. The largest absolute Gasteiger partial charge is 0.492 e. The van der Waals surface area contributed by atoms with Crippen molar-refractivity contribution in [2.24, 2.45) is 0 Å². The van der Waals surface area contributed by atoms with Gasteiger partial charge in [-0.1, -0.05) is 18.5 Å². The Morgan fingerprint density at radius 3 is 2.71 bits per heavy atom. The number of nitro groups is 1. The number of halogens is 2. The van der Waals surface area contributed by atoms with Gasteiger partial charge in [-0.2, -0.15) is 0 Å². The number of carbonyl (C=O) groups excluding carboxylic acids is 1. The van der Waals surface area contributed by atoms with Crippen LogP contribution in [-0.4, -0.2) is 23.1 Å². The van der Waals surface area contributed by atoms with E-state index in [-0.39, 0.29) is 33.7 Å². The van der Waals surface area contributed by atoms with E-state index in [0.29, 0.717) is 23.2 Å². The lowest BCUT2D eigenvalue weighted by Crippen LogP contribution is -2.23. The number of carbonyl (C=O) groups is 1. The molecule has 2 aromatic carbocycles. The van der Waals surface area contributed by atoms with Crippen LogP contribution in [-0.2, 0) is 4.74 Å². The Morgan fingerprint density at radius 2 is 2.10 bits per heavy atom. The molecule has 0 fully saturated rings. The molecule has 0 saturated heterocycles. The summed E-state index contributed by atoms with van der Waals surface area (Å²) >= 11 is 9.92. The maximum atomic E-state index is 12.3. The highest BCUT2D eigenvalue weighted by atomic mass is 79.9. The molecule has 1 aliphatic rings. The van der Waals surface area contributed by atoms with E-state index in [9.17, 15) is 14.9 Å². The van der Waals surface area contributed by atoms with Gasteiger partial charge in [0.1, 0.15) is 15.8 Å². The van der Waals surface area contributed by atoms with E-state index in [1.165, 1.54) is 12.1 Å². The molecular formula is C22H22BrClNO6. The SMILES string of the molecule is [CH2]CC1CCOc2c1cc(Cl)c(Oc1ccc(C(=O)OC(C)(C)C)cc1[N+](=O)[O-])c2Br. The minimum atomic E-state index is -0.728. The summed E-state index contributed by atoms with van der Waals surface area (Å²) in [6.07, 6.45) is 1.52. The predicted molar refractivity (Wildman–Crippen MR) is 120 cm³/mol. The minimum Gasteiger partial charge on any atom is -0.492 e. The second-order valence-corrected chi connectivity index (χ2v) is 9.29. The maximum Gasteiger partial charge on any atom is 0.338 e.